The molecule has 0 spiro atoms. The van der Waals surface area contributed by atoms with E-state index in [1.165, 1.54) is 4.88 Å². The highest BCUT2D eigenvalue weighted by Crippen LogP contribution is 2.22. The zero-order chi connectivity index (χ0) is 12.8. The number of aliphatic imine (C=N–C) groups is 1. The van der Waals surface area contributed by atoms with Gasteiger partial charge in [-0.1, -0.05) is 18.2 Å². The maximum atomic E-state index is 5.81. The lowest BCUT2D eigenvalue weighted by Gasteiger charge is -2.04. The number of nitrogens with one attached hydrogen (secondary N) is 1. The Morgan fingerprint density at radius 2 is 1.95 bits per heavy atom. The van der Waals surface area contributed by atoms with Crippen molar-refractivity contribution in [3.63, 3.8) is 0 Å². The number of hydrogen-bond acceptors (Lipinski definition) is 2. The van der Waals surface area contributed by atoms with Gasteiger partial charge in [0.05, 0.1) is 3.79 Å². The van der Waals surface area contributed by atoms with Gasteiger partial charge in [0.25, 0.3) is 0 Å². The first kappa shape index (κ1) is 16.5. The number of nitrogens with two attached hydrogens (primary N) is 1. The van der Waals surface area contributed by atoms with Crippen molar-refractivity contribution >= 4 is 62.9 Å². The second-order valence-electron chi connectivity index (χ2n) is 3.71. The Kier molecular flexibility index (Phi) is 7.40. The molecular formula is C13H15BrIN3S. The van der Waals surface area contributed by atoms with Crippen molar-refractivity contribution in [2.75, 3.05) is 11.9 Å². The third-order valence-electron chi connectivity index (χ3n) is 2.32. The predicted molar refractivity (Wildman–Crippen MR) is 97.7 cm³/mol. The van der Waals surface area contributed by atoms with Gasteiger partial charge in [0.1, 0.15) is 0 Å². The summed E-state index contributed by atoms with van der Waals surface area (Å²) in [6.45, 7) is 0.693. The monoisotopic (exact) mass is 451 g/mol. The third-order valence-corrected chi connectivity index (χ3v) is 4.00. The highest BCUT2D eigenvalue weighted by Gasteiger charge is 1.97. The van der Waals surface area contributed by atoms with Crippen LogP contribution in [0, 0.1) is 0 Å². The topological polar surface area (TPSA) is 50.4 Å². The van der Waals surface area contributed by atoms with E-state index in [4.69, 9.17) is 5.73 Å². The van der Waals surface area contributed by atoms with E-state index in [0.717, 1.165) is 15.9 Å². The standard InChI is InChI=1S/C13H14BrN3S.HI/c14-12-7-6-11(18-12)8-9-16-13(15)17-10-4-2-1-3-5-10;/h1-7H,8-9H2,(H3,15,16,17);1H. The van der Waals surface area contributed by atoms with Gasteiger partial charge in [-0.25, -0.2) is 0 Å². The van der Waals surface area contributed by atoms with Crippen molar-refractivity contribution in [1.29, 1.82) is 0 Å². The van der Waals surface area contributed by atoms with E-state index in [1.807, 2.05) is 30.3 Å². The van der Waals surface area contributed by atoms with E-state index < -0.39 is 0 Å². The Morgan fingerprint density at radius 3 is 2.58 bits per heavy atom. The molecule has 0 amide bonds. The first-order valence-corrected chi connectivity index (χ1v) is 7.21. The molecule has 0 aliphatic heterocycles. The molecule has 0 aliphatic rings. The van der Waals surface area contributed by atoms with Crippen molar-refractivity contribution in [1.82, 2.24) is 0 Å². The number of para-hydroxylation sites is 1. The molecule has 102 valence electrons. The van der Waals surface area contributed by atoms with Gasteiger partial charge in [-0.15, -0.1) is 35.3 Å². The molecular weight excluding hydrogens is 437 g/mol. The van der Waals surface area contributed by atoms with Crippen LogP contribution in [0.25, 0.3) is 0 Å². The normalized spacial score (nSPS) is 10.9. The Morgan fingerprint density at radius 1 is 1.21 bits per heavy atom. The van der Waals surface area contributed by atoms with E-state index in [1.54, 1.807) is 11.3 Å². The van der Waals surface area contributed by atoms with E-state index >= 15 is 0 Å². The molecule has 2 aromatic rings. The smallest absolute Gasteiger partial charge is 0.193 e. The SMILES string of the molecule is I.NC(=NCCc1ccc(Br)s1)Nc1ccccc1. The molecule has 0 radical (unpaired) electrons. The number of hydrogen-bond donors (Lipinski definition) is 2. The van der Waals surface area contributed by atoms with Crippen LogP contribution in [0.5, 0.6) is 0 Å². The van der Waals surface area contributed by atoms with Gasteiger partial charge in [0, 0.05) is 23.5 Å². The van der Waals surface area contributed by atoms with Gasteiger partial charge in [-0.2, -0.15) is 0 Å². The molecule has 0 fully saturated rings. The zero-order valence-corrected chi connectivity index (χ0v) is 14.9. The number of rotatable bonds is 4. The number of benzene rings is 1. The summed E-state index contributed by atoms with van der Waals surface area (Å²) in [5.41, 5.74) is 6.76. The molecule has 3 N–H and O–H groups in total. The van der Waals surface area contributed by atoms with Crippen LogP contribution in [0.2, 0.25) is 0 Å². The molecule has 3 nitrogen and oxygen atoms in total. The summed E-state index contributed by atoms with van der Waals surface area (Å²) in [5, 5.41) is 3.06. The Hall–Kier alpha value is -0.600. The lowest BCUT2D eigenvalue weighted by Crippen LogP contribution is -2.22. The fourth-order valence-corrected chi connectivity index (χ4v) is 2.95. The molecule has 0 bridgehead atoms. The van der Waals surface area contributed by atoms with Gasteiger partial charge in [-0.05, 0) is 40.2 Å². The summed E-state index contributed by atoms with van der Waals surface area (Å²) < 4.78 is 1.15. The minimum Gasteiger partial charge on any atom is -0.370 e. The van der Waals surface area contributed by atoms with Gasteiger partial charge in [-0.3, -0.25) is 4.99 Å². The van der Waals surface area contributed by atoms with Crippen LogP contribution < -0.4 is 11.1 Å². The summed E-state index contributed by atoms with van der Waals surface area (Å²) in [5.74, 6) is 0.455. The second-order valence-corrected chi connectivity index (χ2v) is 6.26. The summed E-state index contributed by atoms with van der Waals surface area (Å²) in [4.78, 5) is 5.60. The molecule has 2 rings (SSSR count). The summed E-state index contributed by atoms with van der Waals surface area (Å²) in [6.07, 6.45) is 0.910. The minimum atomic E-state index is 0. The van der Waals surface area contributed by atoms with Crippen molar-refractivity contribution < 1.29 is 0 Å². The zero-order valence-electron chi connectivity index (χ0n) is 10.2. The minimum absolute atomic E-state index is 0. The molecule has 0 aliphatic carbocycles. The summed E-state index contributed by atoms with van der Waals surface area (Å²) >= 11 is 5.17. The van der Waals surface area contributed by atoms with Gasteiger partial charge >= 0.3 is 0 Å². The van der Waals surface area contributed by atoms with Gasteiger partial charge in [0.15, 0.2) is 5.96 Å². The van der Waals surface area contributed by atoms with Crippen molar-refractivity contribution in [2.24, 2.45) is 10.7 Å². The summed E-state index contributed by atoms with van der Waals surface area (Å²) in [7, 11) is 0. The fourth-order valence-electron chi connectivity index (χ4n) is 1.48. The van der Waals surface area contributed by atoms with Crippen LogP contribution in [0.3, 0.4) is 0 Å². The highest BCUT2D eigenvalue weighted by atomic mass is 127. The van der Waals surface area contributed by atoms with Crippen LogP contribution in [0.15, 0.2) is 51.2 Å². The summed E-state index contributed by atoms with van der Waals surface area (Å²) in [6, 6.07) is 13.9. The molecule has 1 heterocycles. The van der Waals surface area contributed by atoms with Crippen LogP contribution in [-0.4, -0.2) is 12.5 Å². The lowest BCUT2D eigenvalue weighted by atomic mass is 10.3. The molecule has 19 heavy (non-hydrogen) atoms. The number of anilines is 1. The first-order valence-electron chi connectivity index (χ1n) is 5.60. The molecule has 1 aromatic heterocycles. The van der Waals surface area contributed by atoms with Crippen LogP contribution in [-0.2, 0) is 6.42 Å². The third kappa shape index (κ3) is 5.92. The van der Waals surface area contributed by atoms with Gasteiger partial charge < -0.3 is 11.1 Å². The fraction of sp³-hybridized carbons (Fsp3) is 0.154. The Bertz CT molecular complexity index is 528. The van der Waals surface area contributed by atoms with Crippen LogP contribution >= 0.6 is 51.2 Å². The van der Waals surface area contributed by atoms with E-state index in [-0.39, 0.29) is 24.0 Å². The molecule has 0 unspecified atom stereocenters. The predicted octanol–water partition coefficient (Wildman–Crippen LogP) is 4.10. The van der Waals surface area contributed by atoms with Crippen LogP contribution in [0.1, 0.15) is 4.88 Å². The average Bonchev–Trinajstić information content (AvgIpc) is 2.76. The largest absolute Gasteiger partial charge is 0.370 e. The highest BCUT2D eigenvalue weighted by molar-refractivity contribution is 14.0. The quantitative estimate of drug-likeness (QED) is 0.417. The van der Waals surface area contributed by atoms with E-state index in [0.29, 0.717) is 12.5 Å². The Balaban J connectivity index is 0.00000180. The van der Waals surface area contributed by atoms with Crippen molar-refractivity contribution in [2.45, 2.75) is 6.42 Å². The lowest BCUT2D eigenvalue weighted by molar-refractivity contribution is 0.983. The van der Waals surface area contributed by atoms with Crippen LogP contribution in [0.4, 0.5) is 5.69 Å². The maximum Gasteiger partial charge on any atom is 0.193 e. The van der Waals surface area contributed by atoms with Gasteiger partial charge in [0.2, 0.25) is 0 Å². The number of guanidine groups is 1. The molecule has 0 atom stereocenters. The first-order chi connectivity index (χ1) is 8.74. The van der Waals surface area contributed by atoms with E-state index in [9.17, 15) is 0 Å². The second kappa shape index (κ2) is 8.55. The molecule has 6 heteroatoms. The van der Waals surface area contributed by atoms with E-state index in [2.05, 4.69) is 38.4 Å². The maximum absolute atomic E-state index is 5.81. The number of halogens is 2. The number of nitrogens with zero attached hydrogens (tertiary/aromatic N) is 1. The molecule has 0 saturated carbocycles. The number of thiophene rings is 1. The Labute approximate surface area is 142 Å². The van der Waals surface area contributed by atoms with Crippen molar-refractivity contribution in [3.8, 4) is 0 Å². The molecule has 1 aromatic carbocycles. The molecule has 0 saturated heterocycles. The van der Waals surface area contributed by atoms with Crippen molar-refractivity contribution in [3.05, 3.63) is 51.1 Å². The average molecular weight is 452 g/mol.